The van der Waals surface area contributed by atoms with Crippen LogP contribution in [-0.4, -0.2) is 219 Å². The van der Waals surface area contributed by atoms with Crippen molar-refractivity contribution in [3.63, 3.8) is 0 Å². The number of thioether (sulfide) groups is 1. The van der Waals surface area contributed by atoms with Crippen LogP contribution in [0.25, 0.3) is 10.9 Å². The van der Waals surface area contributed by atoms with Gasteiger partial charge in [-0.1, -0.05) is 191 Å². The number of para-hydroxylation sites is 1. The quantitative estimate of drug-likeness (QED) is 0.0153. The second kappa shape index (κ2) is 42.2. The highest BCUT2D eigenvalue weighted by atomic mass is 33.1. The molecule has 0 aliphatic carbocycles. The summed E-state index contributed by atoms with van der Waals surface area (Å²) in [4.78, 5) is 139. The van der Waals surface area contributed by atoms with Gasteiger partial charge in [-0.2, -0.15) is 0 Å². The maximum atomic E-state index is 15.4. The molecule has 25 nitrogen and oxygen atoms in total. The Morgan fingerprint density at radius 2 is 1.14 bits per heavy atom. The fourth-order valence-corrected chi connectivity index (χ4v) is 17.0. The van der Waals surface area contributed by atoms with E-state index in [2.05, 4.69) is 131 Å². The third-order valence-corrected chi connectivity index (χ3v) is 23.2. The van der Waals surface area contributed by atoms with Gasteiger partial charge in [-0.25, -0.2) is 4.79 Å². The van der Waals surface area contributed by atoms with Crippen LogP contribution in [0.3, 0.4) is 0 Å². The van der Waals surface area contributed by atoms with Crippen LogP contribution < -0.4 is 47.9 Å². The molecule has 0 radical (unpaired) electrons. The number of alkyl carbamates (subject to hydrolysis) is 1. The Bertz CT molecular complexity index is 4020. The molecule has 1 aromatic heterocycles. The van der Waals surface area contributed by atoms with Gasteiger partial charge in [0.1, 0.15) is 47.9 Å². The van der Waals surface area contributed by atoms with Crippen molar-refractivity contribution in [3.8, 4) is 0 Å². The van der Waals surface area contributed by atoms with Gasteiger partial charge in [0.15, 0.2) is 0 Å². The zero-order valence-electron chi connectivity index (χ0n) is 62.9. The SMILES string of the molecule is C[C@@H](O)[C@@H]1NC(=O)[C@H](CCCCNC(=O)OC(C)(C)C)NC(=O)[C@@H](Cc2c[nH]c3ccccc23)NC(=O)[C@H](Cc2ccccc2)NC(=O)[C@@H](NC(=O)[C@@H](Cc2ccccc2)NC(=O)CN2CCN(CCCSC(c3ccccc3)(c3ccccc3)c3ccccc3)CC2)CSSC[C@@H](C(=O)N[C@H](CO)[C@@H](C)O)NC1=O. The average Bonchev–Trinajstić information content (AvgIpc) is 0.784. The van der Waals surface area contributed by atoms with Crippen molar-refractivity contribution in [2.75, 3.05) is 69.7 Å². The van der Waals surface area contributed by atoms with Crippen molar-refractivity contribution < 1.29 is 63.2 Å². The summed E-state index contributed by atoms with van der Waals surface area (Å²) < 4.78 is 4.95. The van der Waals surface area contributed by atoms with Gasteiger partial charge in [0, 0.05) is 80.6 Å². The van der Waals surface area contributed by atoms with Gasteiger partial charge in [-0.15, -0.1) is 11.8 Å². The lowest BCUT2D eigenvalue weighted by molar-refractivity contribution is -0.136. The van der Waals surface area contributed by atoms with Crippen LogP contribution in [0.2, 0.25) is 0 Å². The monoisotopic (exact) mass is 1560 g/mol. The largest absolute Gasteiger partial charge is 0.444 e. The number of aromatic nitrogens is 1. The Labute approximate surface area is 655 Å². The maximum absolute atomic E-state index is 15.4. The first-order valence-corrected chi connectivity index (χ1v) is 40.9. The lowest BCUT2D eigenvalue weighted by atomic mass is 9.84. The second-order valence-corrected chi connectivity index (χ2v) is 32.6. The minimum atomic E-state index is -1.77. The molecule has 9 rings (SSSR count). The van der Waals surface area contributed by atoms with Crippen LogP contribution in [0, 0.1) is 0 Å². The fraction of sp³-hybridized carbons (Fsp3) is 0.427. The van der Waals surface area contributed by atoms with E-state index in [1.54, 1.807) is 69.4 Å². The lowest BCUT2D eigenvalue weighted by Crippen LogP contribution is -2.62. The molecular weight excluding hydrogens is 1460 g/mol. The van der Waals surface area contributed by atoms with Gasteiger partial charge in [0.05, 0.1) is 36.1 Å². The third-order valence-electron chi connectivity index (χ3n) is 19.1. The number of benzene rings is 6. The first kappa shape index (κ1) is 84.8. The highest BCUT2D eigenvalue weighted by molar-refractivity contribution is 8.76. The number of aromatic amines is 1. The van der Waals surface area contributed by atoms with E-state index in [1.165, 1.54) is 30.5 Å². The summed E-state index contributed by atoms with van der Waals surface area (Å²) in [5, 5.41) is 57.5. The van der Waals surface area contributed by atoms with E-state index in [4.69, 9.17) is 4.74 Å². The summed E-state index contributed by atoms with van der Waals surface area (Å²) in [6, 6.07) is 45.4. The van der Waals surface area contributed by atoms with E-state index in [1.807, 2.05) is 77.3 Å². The second-order valence-electron chi connectivity index (χ2n) is 28.7. The van der Waals surface area contributed by atoms with Crippen LogP contribution in [0.1, 0.15) is 93.7 Å². The Morgan fingerprint density at radius 1 is 0.600 bits per heavy atom. The highest BCUT2D eigenvalue weighted by Crippen LogP contribution is 2.48. The molecule has 2 aliphatic heterocycles. The molecule has 13 N–H and O–H groups in total. The van der Waals surface area contributed by atoms with Gasteiger partial charge in [-0.3, -0.25) is 43.3 Å². The summed E-state index contributed by atoms with van der Waals surface area (Å²) in [5.41, 5.74) is 5.45. The summed E-state index contributed by atoms with van der Waals surface area (Å²) in [6.07, 6.45) is -0.857. The standard InChI is InChI=1S/C82H104N12O13S3/c1-54(96)68(51-95)89-78(104)70-53-110-109-52-69(90-74(100)65(46-56-26-11-6-12-27-56)85-71(98)50-94-43-41-93(42-44-94)40-25-45-108-82(59-30-15-8-16-31-59,60-32-17-9-18-33-60)61-34-19-10-20-35-61)77(103)87-66(47-57-28-13-7-14-29-57)75(101)88-67(48-58-49-84-63-37-22-21-36-62(58)63)76(102)86-64(73(99)92-72(55(2)97)79(105)91-70)38-23-24-39-83-80(106)107-81(3,4)5/h6-22,26-37,49,54-55,64-70,72,84,95-97H,23-25,38-48,50-53H2,1-5H3,(H,83,106)(H,85,98)(H,86,102)(H,87,103)(H,88,101)(H,89,104)(H,90,100)(H,91,105)(H,92,99)/t54-,55-,64+,65-,66+,67-,68-,69+,70+,72+/m1/s1. The Morgan fingerprint density at radius 3 is 1.73 bits per heavy atom. The number of aliphatic hydroxyl groups is 3. The summed E-state index contributed by atoms with van der Waals surface area (Å²) in [6.45, 7) is 10.6. The Kier molecular flexibility index (Phi) is 32.5. The third kappa shape index (κ3) is 25.4. The lowest BCUT2D eigenvalue weighted by Gasteiger charge is -2.36. The van der Waals surface area contributed by atoms with Crippen molar-refractivity contribution in [2.24, 2.45) is 0 Å². The predicted octanol–water partition coefficient (Wildman–Crippen LogP) is 5.65. The van der Waals surface area contributed by atoms with Crippen LogP contribution in [-0.2, 0) is 67.1 Å². The zero-order valence-corrected chi connectivity index (χ0v) is 65.3. The summed E-state index contributed by atoms with van der Waals surface area (Å²) in [7, 11) is 1.99. The molecule has 3 heterocycles. The molecule has 7 aromatic rings. The van der Waals surface area contributed by atoms with Gasteiger partial charge in [-0.05, 0) is 112 Å². The van der Waals surface area contributed by atoms with E-state index >= 15 is 19.2 Å². The van der Waals surface area contributed by atoms with E-state index in [-0.39, 0.29) is 63.1 Å². The zero-order chi connectivity index (χ0) is 78.6. The topological polar surface area (TPSA) is 354 Å². The van der Waals surface area contributed by atoms with E-state index < -0.39 is 131 Å². The highest BCUT2D eigenvalue weighted by Gasteiger charge is 2.40. The number of nitrogens with zero attached hydrogens (tertiary/aromatic N) is 2. The Hall–Kier alpha value is -9.26. The van der Waals surface area contributed by atoms with Crippen molar-refractivity contribution >= 4 is 97.6 Å². The number of fused-ring (bicyclic) bond motifs is 1. The number of carbonyl (C=O) groups excluding carboxylic acids is 9. The first-order valence-electron chi connectivity index (χ1n) is 37.4. The number of carbonyl (C=O) groups is 9. The normalized spacial score (nSPS) is 20.2. The molecule has 2 aliphatic rings. The van der Waals surface area contributed by atoms with Gasteiger partial charge in [0.25, 0.3) is 0 Å². The number of ether oxygens (including phenoxy) is 1. The van der Waals surface area contributed by atoms with Gasteiger partial charge in [0.2, 0.25) is 47.3 Å². The molecule has 9 amide bonds. The number of rotatable bonds is 29. The smallest absolute Gasteiger partial charge is 0.407 e. The van der Waals surface area contributed by atoms with Crippen molar-refractivity contribution in [1.82, 2.24) is 62.6 Å². The summed E-state index contributed by atoms with van der Waals surface area (Å²) in [5.74, 6) is -6.21. The minimum absolute atomic E-state index is 0.0112. The predicted molar refractivity (Wildman–Crippen MR) is 430 cm³/mol. The molecule has 110 heavy (non-hydrogen) atoms. The molecule has 588 valence electrons. The number of hydrogen-bond acceptors (Lipinski definition) is 18. The molecule has 2 saturated heterocycles. The van der Waals surface area contributed by atoms with Crippen LogP contribution >= 0.6 is 33.3 Å². The molecule has 6 aromatic carbocycles. The van der Waals surface area contributed by atoms with Crippen LogP contribution in [0.4, 0.5) is 4.79 Å². The van der Waals surface area contributed by atoms with Crippen molar-refractivity contribution in [2.45, 2.75) is 150 Å². The number of nitrogens with one attached hydrogen (secondary N) is 10. The van der Waals surface area contributed by atoms with Gasteiger partial charge < -0.3 is 77.8 Å². The van der Waals surface area contributed by atoms with Crippen LogP contribution in [0.5, 0.6) is 0 Å². The number of amides is 9. The molecule has 2 fully saturated rings. The summed E-state index contributed by atoms with van der Waals surface area (Å²) >= 11 is 1.92. The Balaban J connectivity index is 0.965. The van der Waals surface area contributed by atoms with E-state index in [9.17, 15) is 39.3 Å². The molecule has 0 spiro atoms. The van der Waals surface area contributed by atoms with Crippen molar-refractivity contribution in [1.29, 1.82) is 0 Å². The van der Waals surface area contributed by atoms with Gasteiger partial charge >= 0.3 is 6.09 Å². The molecule has 0 unspecified atom stereocenters. The van der Waals surface area contributed by atoms with E-state index in [0.717, 1.165) is 51.2 Å². The van der Waals surface area contributed by atoms with Crippen molar-refractivity contribution in [3.05, 3.63) is 216 Å². The number of aliphatic hydroxyl groups excluding tert-OH is 3. The molecule has 0 saturated carbocycles. The molecule has 0 bridgehead atoms. The van der Waals surface area contributed by atoms with Crippen LogP contribution in [0.15, 0.2) is 182 Å². The number of hydrogen-bond donors (Lipinski definition) is 13. The average molecular weight is 1560 g/mol. The fourth-order valence-electron chi connectivity index (χ4n) is 13.2. The molecular formula is C82H104N12O13S3. The number of H-pyrrole nitrogens is 1. The number of piperazine rings is 1. The first-order chi connectivity index (χ1) is 53.0. The number of unbranched alkanes of at least 4 members (excludes halogenated alkanes) is 1. The van der Waals surface area contributed by atoms with E-state index in [0.29, 0.717) is 42.9 Å². The minimum Gasteiger partial charge on any atom is -0.444 e. The molecule has 10 atom stereocenters. The maximum Gasteiger partial charge on any atom is 0.407 e. The molecule has 28 heteroatoms.